The summed E-state index contributed by atoms with van der Waals surface area (Å²) in [4.78, 5) is 15.0. The van der Waals surface area contributed by atoms with Crippen LogP contribution in [0.25, 0.3) is 22.8 Å². The van der Waals surface area contributed by atoms with E-state index in [2.05, 4.69) is 20.1 Å². The summed E-state index contributed by atoms with van der Waals surface area (Å²) in [6, 6.07) is 7.21. The van der Waals surface area contributed by atoms with Crippen molar-refractivity contribution in [1.29, 1.82) is 0 Å². The molecule has 0 aliphatic carbocycles. The van der Waals surface area contributed by atoms with Crippen molar-refractivity contribution in [2.24, 2.45) is 0 Å². The van der Waals surface area contributed by atoms with E-state index >= 15 is 0 Å². The van der Waals surface area contributed by atoms with E-state index in [1.807, 2.05) is 11.0 Å². The standard InChI is InChI=1S/C20H21F2N5O2/c1-14-25-19(26-29-14)15-2-6-23-17(12-15)18-13-16(3-7-24-18)28-11-10-27-8-4-20(21,22)5-9-27/h2-3,6-7,12-13H,4-5,8-11H2,1H3. The van der Waals surface area contributed by atoms with Gasteiger partial charge in [0.2, 0.25) is 11.7 Å². The van der Waals surface area contributed by atoms with Gasteiger partial charge >= 0.3 is 0 Å². The lowest BCUT2D eigenvalue weighted by molar-refractivity contribution is -0.0564. The van der Waals surface area contributed by atoms with Gasteiger partial charge in [0.25, 0.3) is 5.92 Å². The van der Waals surface area contributed by atoms with Crippen molar-refractivity contribution < 1.29 is 18.0 Å². The quantitative estimate of drug-likeness (QED) is 0.624. The van der Waals surface area contributed by atoms with Crippen LogP contribution in [0.3, 0.4) is 0 Å². The van der Waals surface area contributed by atoms with Crippen molar-refractivity contribution in [1.82, 2.24) is 25.0 Å². The van der Waals surface area contributed by atoms with Gasteiger partial charge in [-0.25, -0.2) is 8.78 Å². The first-order chi connectivity index (χ1) is 14.0. The predicted octanol–water partition coefficient (Wildman–Crippen LogP) is 3.61. The Morgan fingerprint density at radius 3 is 2.55 bits per heavy atom. The van der Waals surface area contributed by atoms with Crippen LogP contribution in [0, 0.1) is 6.92 Å². The van der Waals surface area contributed by atoms with E-state index in [1.54, 1.807) is 37.5 Å². The van der Waals surface area contributed by atoms with Crippen LogP contribution in [0.2, 0.25) is 0 Å². The van der Waals surface area contributed by atoms with E-state index < -0.39 is 5.92 Å². The van der Waals surface area contributed by atoms with E-state index in [9.17, 15) is 8.78 Å². The third kappa shape index (κ3) is 4.92. The molecule has 152 valence electrons. The number of hydrogen-bond donors (Lipinski definition) is 0. The predicted molar refractivity (Wildman–Crippen MR) is 102 cm³/mol. The number of rotatable bonds is 6. The van der Waals surface area contributed by atoms with Crippen LogP contribution in [-0.4, -0.2) is 57.2 Å². The molecule has 0 spiro atoms. The van der Waals surface area contributed by atoms with E-state index in [1.165, 1.54) is 0 Å². The molecule has 0 unspecified atom stereocenters. The van der Waals surface area contributed by atoms with Gasteiger partial charge in [-0.1, -0.05) is 5.16 Å². The summed E-state index contributed by atoms with van der Waals surface area (Å²) in [5, 5.41) is 3.92. The number of aromatic nitrogens is 4. The Labute approximate surface area is 166 Å². The zero-order chi connectivity index (χ0) is 20.3. The number of hydrogen-bond acceptors (Lipinski definition) is 7. The van der Waals surface area contributed by atoms with Gasteiger partial charge in [0.15, 0.2) is 0 Å². The number of nitrogens with zero attached hydrogens (tertiary/aromatic N) is 5. The first-order valence-corrected chi connectivity index (χ1v) is 9.45. The summed E-state index contributed by atoms with van der Waals surface area (Å²) in [7, 11) is 0. The Bertz CT molecular complexity index is 969. The fourth-order valence-corrected chi connectivity index (χ4v) is 3.16. The fraction of sp³-hybridized carbons (Fsp3) is 0.400. The number of aryl methyl sites for hydroxylation is 1. The topological polar surface area (TPSA) is 77.2 Å². The van der Waals surface area contributed by atoms with Crippen LogP contribution in [0.4, 0.5) is 8.78 Å². The lowest BCUT2D eigenvalue weighted by atomic mass is 10.1. The van der Waals surface area contributed by atoms with Crippen LogP contribution in [-0.2, 0) is 0 Å². The Morgan fingerprint density at radius 2 is 1.83 bits per heavy atom. The molecule has 3 aromatic heterocycles. The molecule has 4 rings (SSSR count). The first kappa shape index (κ1) is 19.4. The molecule has 3 aromatic rings. The van der Waals surface area contributed by atoms with Gasteiger partial charge in [-0.2, -0.15) is 4.98 Å². The Morgan fingerprint density at radius 1 is 1.10 bits per heavy atom. The van der Waals surface area contributed by atoms with Crippen molar-refractivity contribution in [3.63, 3.8) is 0 Å². The van der Waals surface area contributed by atoms with Gasteiger partial charge in [0, 0.05) is 63.4 Å². The second-order valence-electron chi connectivity index (χ2n) is 6.99. The van der Waals surface area contributed by atoms with Gasteiger partial charge in [-0.15, -0.1) is 0 Å². The highest BCUT2D eigenvalue weighted by atomic mass is 19.3. The van der Waals surface area contributed by atoms with Gasteiger partial charge in [-0.05, 0) is 18.2 Å². The Kier molecular flexibility index (Phi) is 5.48. The van der Waals surface area contributed by atoms with Crippen LogP contribution in [0.5, 0.6) is 5.75 Å². The molecule has 0 amide bonds. The zero-order valence-electron chi connectivity index (χ0n) is 16.0. The van der Waals surface area contributed by atoms with Crippen LogP contribution in [0.15, 0.2) is 41.2 Å². The van der Waals surface area contributed by atoms with Crippen molar-refractivity contribution in [2.75, 3.05) is 26.2 Å². The monoisotopic (exact) mass is 401 g/mol. The first-order valence-electron chi connectivity index (χ1n) is 9.45. The van der Waals surface area contributed by atoms with Gasteiger partial charge < -0.3 is 9.26 Å². The minimum atomic E-state index is -2.53. The highest BCUT2D eigenvalue weighted by molar-refractivity contribution is 5.64. The largest absolute Gasteiger partial charge is 0.492 e. The molecular formula is C20H21F2N5O2. The number of alkyl halides is 2. The maximum atomic E-state index is 13.2. The Hall–Kier alpha value is -2.94. The molecule has 1 saturated heterocycles. The van der Waals surface area contributed by atoms with Crippen LogP contribution in [0.1, 0.15) is 18.7 Å². The molecule has 0 radical (unpaired) electrons. The van der Waals surface area contributed by atoms with Crippen molar-refractivity contribution in [2.45, 2.75) is 25.7 Å². The summed E-state index contributed by atoms with van der Waals surface area (Å²) >= 11 is 0. The van der Waals surface area contributed by atoms with Crippen LogP contribution >= 0.6 is 0 Å². The average molecular weight is 401 g/mol. The maximum Gasteiger partial charge on any atom is 0.250 e. The lowest BCUT2D eigenvalue weighted by Crippen LogP contribution is -2.41. The molecule has 4 heterocycles. The molecule has 0 saturated carbocycles. The van der Waals surface area contributed by atoms with E-state index in [0.717, 1.165) is 5.56 Å². The second-order valence-corrected chi connectivity index (χ2v) is 6.99. The van der Waals surface area contributed by atoms with Crippen molar-refractivity contribution in [3.05, 3.63) is 42.5 Å². The number of pyridine rings is 2. The summed E-state index contributed by atoms with van der Waals surface area (Å²) in [6.07, 6.45) is 3.14. The highest BCUT2D eigenvalue weighted by Crippen LogP contribution is 2.27. The van der Waals surface area contributed by atoms with Gasteiger partial charge in [0.05, 0.1) is 11.4 Å². The highest BCUT2D eigenvalue weighted by Gasteiger charge is 2.33. The molecule has 0 bridgehead atoms. The number of ether oxygens (including phenoxy) is 1. The van der Waals surface area contributed by atoms with Gasteiger partial charge in [-0.3, -0.25) is 14.9 Å². The van der Waals surface area contributed by atoms with Crippen molar-refractivity contribution in [3.8, 4) is 28.5 Å². The van der Waals surface area contributed by atoms with Gasteiger partial charge in [0.1, 0.15) is 12.4 Å². The minimum Gasteiger partial charge on any atom is -0.492 e. The molecule has 1 aliphatic rings. The number of piperidine rings is 1. The molecule has 9 heteroatoms. The Balaban J connectivity index is 1.39. The normalized spacial score (nSPS) is 16.7. The molecule has 0 atom stereocenters. The molecular weight excluding hydrogens is 380 g/mol. The molecule has 1 fully saturated rings. The fourth-order valence-electron chi connectivity index (χ4n) is 3.16. The smallest absolute Gasteiger partial charge is 0.250 e. The maximum absolute atomic E-state index is 13.2. The summed E-state index contributed by atoms with van der Waals surface area (Å²) in [5.41, 5.74) is 2.10. The summed E-state index contributed by atoms with van der Waals surface area (Å²) < 4.78 is 37.3. The third-order valence-electron chi connectivity index (χ3n) is 4.80. The lowest BCUT2D eigenvalue weighted by Gasteiger charge is -2.31. The number of likely N-dealkylation sites (tertiary alicyclic amines) is 1. The number of halogens is 2. The average Bonchev–Trinajstić information content (AvgIpc) is 3.16. The SMILES string of the molecule is Cc1nc(-c2ccnc(-c3cc(OCCN4CCC(F)(F)CC4)ccn3)c2)no1. The van der Waals surface area contributed by atoms with E-state index in [4.69, 9.17) is 9.26 Å². The molecule has 0 aromatic carbocycles. The molecule has 0 N–H and O–H groups in total. The van der Waals surface area contributed by atoms with E-state index in [0.29, 0.717) is 55.1 Å². The van der Waals surface area contributed by atoms with E-state index in [-0.39, 0.29) is 12.8 Å². The molecule has 1 aliphatic heterocycles. The molecule has 7 nitrogen and oxygen atoms in total. The minimum absolute atomic E-state index is 0.0890. The summed E-state index contributed by atoms with van der Waals surface area (Å²) in [6.45, 7) is 3.55. The zero-order valence-corrected chi connectivity index (χ0v) is 16.0. The van der Waals surface area contributed by atoms with Crippen LogP contribution < -0.4 is 4.74 Å². The summed E-state index contributed by atoms with van der Waals surface area (Å²) in [5.74, 6) is -0.894. The third-order valence-corrected chi connectivity index (χ3v) is 4.80. The second kappa shape index (κ2) is 8.20. The molecule has 29 heavy (non-hydrogen) atoms. The van der Waals surface area contributed by atoms with Crippen molar-refractivity contribution >= 4 is 0 Å².